The number of aliphatic hydroxyl groups excluding tert-OH is 1. The number of carbonyl (C=O) groups is 1. The standard InChI is InChI=1S/C7H14O3/c1-2-7(9)10-6-4-3-5-8/h8H,2-6H2,1H3. The van der Waals surface area contributed by atoms with Gasteiger partial charge in [-0.1, -0.05) is 6.92 Å². The number of ether oxygens (including phenoxy) is 1. The van der Waals surface area contributed by atoms with Crippen molar-refractivity contribution in [2.24, 2.45) is 0 Å². The average molecular weight is 146 g/mol. The summed E-state index contributed by atoms with van der Waals surface area (Å²) in [5.74, 6) is -0.169. The Hall–Kier alpha value is -0.570. The van der Waals surface area contributed by atoms with Crippen LogP contribution in [0.5, 0.6) is 0 Å². The van der Waals surface area contributed by atoms with E-state index in [4.69, 9.17) is 9.84 Å². The molecule has 0 fully saturated rings. The van der Waals surface area contributed by atoms with E-state index in [0.717, 1.165) is 6.42 Å². The van der Waals surface area contributed by atoms with Gasteiger partial charge in [-0.05, 0) is 12.8 Å². The molecule has 1 N–H and O–H groups in total. The highest BCUT2D eigenvalue weighted by atomic mass is 16.5. The Morgan fingerprint density at radius 2 is 2.20 bits per heavy atom. The normalized spacial score (nSPS) is 9.40. The quantitative estimate of drug-likeness (QED) is 0.459. The Kier molecular flexibility index (Phi) is 6.18. The first-order valence-electron chi connectivity index (χ1n) is 3.57. The van der Waals surface area contributed by atoms with Crippen molar-refractivity contribution in [3.05, 3.63) is 0 Å². The molecule has 0 aliphatic carbocycles. The van der Waals surface area contributed by atoms with Crippen LogP contribution in [0, 0.1) is 0 Å². The van der Waals surface area contributed by atoms with E-state index in [2.05, 4.69) is 0 Å². The van der Waals surface area contributed by atoms with E-state index in [9.17, 15) is 4.79 Å². The Bertz CT molecular complexity index is 90.9. The molecule has 0 heterocycles. The first kappa shape index (κ1) is 9.43. The molecule has 3 nitrogen and oxygen atoms in total. The maximum Gasteiger partial charge on any atom is 0.305 e. The summed E-state index contributed by atoms with van der Waals surface area (Å²) in [4.78, 5) is 10.5. The molecule has 0 saturated carbocycles. The number of unbranched alkanes of at least 4 members (excludes halogenated alkanes) is 1. The lowest BCUT2D eigenvalue weighted by Crippen LogP contribution is -2.04. The van der Waals surface area contributed by atoms with Crippen LogP contribution in [0.15, 0.2) is 0 Å². The highest BCUT2D eigenvalue weighted by molar-refractivity contribution is 5.68. The summed E-state index contributed by atoms with van der Waals surface area (Å²) in [5.41, 5.74) is 0. The number of rotatable bonds is 5. The summed E-state index contributed by atoms with van der Waals surface area (Å²) in [6.45, 7) is 2.37. The molecule has 0 aliphatic heterocycles. The van der Waals surface area contributed by atoms with E-state index >= 15 is 0 Å². The van der Waals surface area contributed by atoms with Crippen molar-refractivity contribution in [3.63, 3.8) is 0 Å². The zero-order valence-corrected chi connectivity index (χ0v) is 6.30. The largest absolute Gasteiger partial charge is 0.466 e. The molecule has 0 rings (SSSR count). The van der Waals surface area contributed by atoms with Crippen molar-refractivity contribution >= 4 is 5.97 Å². The fraction of sp³-hybridized carbons (Fsp3) is 0.857. The molecule has 3 heteroatoms. The summed E-state index contributed by atoms with van der Waals surface area (Å²) in [7, 11) is 0. The predicted octanol–water partition coefficient (Wildman–Crippen LogP) is 0.712. The minimum absolute atomic E-state index is 0.169. The van der Waals surface area contributed by atoms with Crippen LogP contribution in [-0.4, -0.2) is 24.3 Å². The molecule has 0 atom stereocenters. The summed E-state index contributed by atoms with van der Waals surface area (Å²) >= 11 is 0. The van der Waals surface area contributed by atoms with Crippen LogP contribution in [0.4, 0.5) is 0 Å². The van der Waals surface area contributed by atoms with E-state index < -0.39 is 0 Å². The van der Waals surface area contributed by atoms with Gasteiger partial charge in [-0.25, -0.2) is 0 Å². The highest BCUT2D eigenvalue weighted by Crippen LogP contribution is 1.90. The summed E-state index contributed by atoms with van der Waals surface area (Å²) in [5, 5.41) is 8.35. The van der Waals surface area contributed by atoms with Crippen LogP contribution < -0.4 is 0 Å². The predicted molar refractivity (Wildman–Crippen MR) is 37.6 cm³/mol. The highest BCUT2D eigenvalue weighted by Gasteiger charge is 1.95. The molecule has 0 amide bonds. The third-order valence-electron chi connectivity index (χ3n) is 1.10. The molecule has 0 radical (unpaired) electrons. The van der Waals surface area contributed by atoms with Crippen LogP contribution >= 0.6 is 0 Å². The first-order chi connectivity index (χ1) is 4.81. The molecule has 10 heavy (non-hydrogen) atoms. The van der Waals surface area contributed by atoms with Gasteiger partial charge in [0.2, 0.25) is 0 Å². The topological polar surface area (TPSA) is 46.5 Å². The molecule has 0 aromatic carbocycles. The fourth-order valence-electron chi connectivity index (χ4n) is 0.502. The van der Waals surface area contributed by atoms with Crippen LogP contribution in [0.3, 0.4) is 0 Å². The molecule has 0 unspecified atom stereocenters. The molecule has 0 aromatic rings. The van der Waals surface area contributed by atoms with Crippen molar-refractivity contribution in [1.82, 2.24) is 0 Å². The molecular formula is C7H14O3. The van der Waals surface area contributed by atoms with Crippen LogP contribution in [0.25, 0.3) is 0 Å². The number of aliphatic hydroxyl groups is 1. The third-order valence-corrected chi connectivity index (χ3v) is 1.10. The number of esters is 1. The van der Waals surface area contributed by atoms with E-state index in [1.165, 1.54) is 0 Å². The Balaban J connectivity index is 2.96. The van der Waals surface area contributed by atoms with Gasteiger partial charge in [0.05, 0.1) is 6.61 Å². The lowest BCUT2D eigenvalue weighted by atomic mass is 10.3. The lowest BCUT2D eigenvalue weighted by molar-refractivity contribution is -0.143. The molecule has 60 valence electrons. The van der Waals surface area contributed by atoms with Gasteiger partial charge >= 0.3 is 5.97 Å². The molecule has 0 spiro atoms. The minimum atomic E-state index is -0.169. The monoisotopic (exact) mass is 146 g/mol. The second-order valence-corrected chi connectivity index (χ2v) is 2.00. The Morgan fingerprint density at radius 3 is 2.70 bits per heavy atom. The van der Waals surface area contributed by atoms with Gasteiger partial charge in [0.15, 0.2) is 0 Å². The molecule has 0 aliphatic rings. The summed E-state index contributed by atoms with van der Waals surface area (Å²) < 4.78 is 4.74. The maximum atomic E-state index is 10.5. The molecular weight excluding hydrogens is 132 g/mol. The van der Waals surface area contributed by atoms with Gasteiger partial charge < -0.3 is 9.84 Å². The minimum Gasteiger partial charge on any atom is -0.466 e. The Labute approximate surface area is 61.0 Å². The second kappa shape index (κ2) is 6.55. The van der Waals surface area contributed by atoms with E-state index in [0.29, 0.717) is 19.4 Å². The van der Waals surface area contributed by atoms with Gasteiger partial charge in [0.25, 0.3) is 0 Å². The third kappa shape index (κ3) is 5.56. The summed E-state index contributed by atoms with van der Waals surface area (Å²) in [6.07, 6.45) is 1.89. The van der Waals surface area contributed by atoms with Crippen molar-refractivity contribution in [3.8, 4) is 0 Å². The van der Waals surface area contributed by atoms with Crippen LogP contribution in [-0.2, 0) is 9.53 Å². The summed E-state index contributed by atoms with van der Waals surface area (Å²) in [6, 6.07) is 0. The van der Waals surface area contributed by atoms with Crippen molar-refractivity contribution in [2.75, 3.05) is 13.2 Å². The second-order valence-electron chi connectivity index (χ2n) is 2.00. The Morgan fingerprint density at radius 1 is 1.50 bits per heavy atom. The zero-order valence-electron chi connectivity index (χ0n) is 6.30. The van der Waals surface area contributed by atoms with Crippen molar-refractivity contribution in [2.45, 2.75) is 26.2 Å². The molecule has 0 saturated heterocycles. The van der Waals surface area contributed by atoms with Crippen molar-refractivity contribution < 1.29 is 14.6 Å². The van der Waals surface area contributed by atoms with Crippen LogP contribution in [0.1, 0.15) is 26.2 Å². The van der Waals surface area contributed by atoms with Gasteiger partial charge in [-0.15, -0.1) is 0 Å². The molecule has 0 bridgehead atoms. The van der Waals surface area contributed by atoms with Crippen LogP contribution in [0.2, 0.25) is 0 Å². The SMILES string of the molecule is CCC(=O)OCCCCO. The van der Waals surface area contributed by atoms with E-state index in [1.807, 2.05) is 0 Å². The van der Waals surface area contributed by atoms with Crippen molar-refractivity contribution in [1.29, 1.82) is 0 Å². The van der Waals surface area contributed by atoms with E-state index in [1.54, 1.807) is 6.92 Å². The average Bonchev–Trinajstić information content (AvgIpc) is 1.98. The molecule has 0 aromatic heterocycles. The number of hydrogen-bond acceptors (Lipinski definition) is 3. The van der Waals surface area contributed by atoms with Gasteiger partial charge in [0.1, 0.15) is 0 Å². The number of hydrogen-bond donors (Lipinski definition) is 1. The fourth-order valence-corrected chi connectivity index (χ4v) is 0.502. The smallest absolute Gasteiger partial charge is 0.305 e. The maximum absolute atomic E-state index is 10.5. The van der Waals surface area contributed by atoms with Gasteiger partial charge in [0, 0.05) is 13.0 Å². The van der Waals surface area contributed by atoms with Gasteiger partial charge in [-0.2, -0.15) is 0 Å². The zero-order chi connectivity index (χ0) is 7.82. The first-order valence-corrected chi connectivity index (χ1v) is 3.57. The lowest BCUT2D eigenvalue weighted by Gasteiger charge is -2.00. The number of carbonyl (C=O) groups excluding carboxylic acids is 1. The van der Waals surface area contributed by atoms with E-state index in [-0.39, 0.29) is 12.6 Å². The van der Waals surface area contributed by atoms with Gasteiger partial charge in [-0.3, -0.25) is 4.79 Å².